The summed E-state index contributed by atoms with van der Waals surface area (Å²) in [5.41, 5.74) is 1.73. The number of carbonyl (C=O) groups excluding carboxylic acids is 1. The Morgan fingerprint density at radius 1 is 1.23 bits per heavy atom. The van der Waals surface area contributed by atoms with Crippen LogP contribution in [0, 0.1) is 11.7 Å². The average molecular weight is 439 g/mol. The van der Waals surface area contributed by atoms with Crippen LogP contribution in [0.2, 0.25) is 0 Å². The molecule has 1 aliphatic heterocycles. The summed E-state index contributed by atoms with van der Waals surface area (Å²) in [6, 6.07) is 8.53. The number of nitrogens with one attached hydrogen (secondary N) is 1. The monoisotopic (exact) mass is 438 g/mol. The van der Waals surface area contributed by atoms with Gasteiger partial charge in [0, 0.05) is 22.6 Å². The minimum atomic E-state index is -3.94. The molecule has 2 aromatic rings. The Hall–Kier alpha value is -1.93. The van der Waals surface area contributed by atoms with Crippen LogP contribution in [0.1, 0.15) is 18.4 Å². The second-order valence-corrected chi connectivity index (χ2v) is 9.05. The van der Waals surface area contributed by atoms with E-state index in [-0.39, 0.29) is 22.4 Å². The Bertz CT molecular complexity index is 1010. The molecular formula is C18H16BrFN2O3S. The summed E-state index contributed by atoms with van der Waals surface area (Å²) in [7, 11) is -3.94. The Balaban J connectivity index is 1.70. The highest BCUT2D eigenvalue weighted by molar-refractivity contribution is 9.10. The molecule has 136 valence electrons. The summed E-state index contributed by atoms with van der Waals surface area (Å²) >= 11 is 3.32. The molecule has 1 fully saturated rings. The van der Waals surface area contributed by atoms with Crippen molar-refractivity contribution in [3.05, 3.63) is 52.3 Å². The molecule has 0 radical (unpaired) electrons. The molecule has 2 aromatic carbocycles. The summed E-state index contributed by atoms with van der Waals surface area (Å²) in [6.45, 7) is 0.567. The summed E-state index contributed by atoms with van der Waals surface area (Å²) in [5, 5.41) is 0. The van der Waals surface area contributed by atoms with Crippen LogP contribution < -0.4 is 9.62 Å². The third kappa shape index (κ3) is 3.23. The number of sulfonamides is 1. The van der Waals surface area contributed by atoms with Gasteiger partial charge in [-0.3, -0.25) is 9.52 Å². The van der Waals surface area contributed by atoms with Crippen molar-refractivity contribution in [2.24, 2.45) is 5.92 Å². The van der Waals surface area contributed by atoms with Crippen LogP contribution in [0.3, 0.4) is 0 Å². The van der Waals surface area contributed by atoms with E-state index in [1.165, 1.54) is 24.3 Å². The number of anilines is 2. The van der Waals surface area contributed by atoms with Crippen LogP contribution in [0.4, 0.5) is 15.8 Å². The number of fused-ring (bicyclic) bond motifs is 1. The van der Waals surface area contributed by atoms with Gasteiger partial charge in [-0.1, -0.05) is 6.07 Å². The minimum Gasteiger partial charge on any atom is -0.312 e. The van der Waals surface area contributed by atoms with E-state index >= 15 is 0 Å². The van der Waals surface area contributed by atoms with Crippen molar-refractivity contribution in [1.82, 2.24) is 0 Å². The number of hydrogen-bond donors (Lipinski definition) is 1. The van der Waals surface area contributed by atoms with E-state index in [2.05, 4.69) is 20.7 Å². The van der Waals surface area contributed by atoms with Crippen molar-refractivity contribution >= 4 is 43.2 Å². The van der Waals surface area contributed by atoms with E-state index in [0.717, 1.165) is 24.5 Å². The van der Waals surface area contributed by atoms with Gasteiger partial charge in [-0.15, -0.1) is 0 Å². The van der Waals surface area contributed by atoms with E-state index in [1.54, 1.807) is 11.0 Å². The maximum absolute atomic E-state index is 13.3. The number of nitrogens with zero attached hydrogens (tertiary/aromatic N) is 1. The topological polar surface area (TPSA) is 66.5 Å². The van der Waals surface area contributed by atoms with Crippen LogP contribution in [-0.2, 0) is 21.2 Å². The Morgan fingerprint density at radius 3 is 2.69 bits per heavy atom. The zero-order valence-electron chi connectivity index (χ0n) is 13.7. The highest BCUT2D eigenvalue weighted by atomic mass is 79.9. The predicted octanol–water partition coefficient (Wildman–Crippen LogP) is 3.69. The number of carbonyl (C=O) groups is 1. The second-order valence-electron chi connectivity index (χ2n) is 6.54. The number of amides is 1. The summed E-state index contributed by atoms with van der Waals surface area (Å²) in [6.07, 6.45) is 2.49. The minimum absolute atomic E-state index is 0.0241. The quantitative estimate of drug-likeness (QED) is 0.791. The maximum atomic E-state index is 13.3. The third-order valence-corrected chi connectivity index (χ3v) is 6.93. The van der Waals surface area contributed by atoms with Gasteiger partial charge in [0.1, 0.15) is 10.7 Å². The lowest BCUT2D eigenvalue weighted by Crippen LogP contribution is -2.30. The lowest BCUT2D eigenvalue weighted by molar-refractivity contribution is -0.119. The van der Waals surface area contributed by atoms with Crippen LogP contribution in [0.25, 0.3) is 0 Å². The van der Waals surface area contributed by atoms with E-state index in [0.29, 0.717) is 23.1 Å². The third-order valence-electron chi connectivity index (χ3n) is 4.59. The first-order valence-electron chi connectivity index (χ1n) is 8.27. The van der Waals surface area contributed by atoms with Gasteiger partial charge in [0.2, 0.25) is 5.91 Å². The maximum Gasteiger partial charge on any atom is 0.263 e. The van der Waals surface area contributed by atoms with Gasteiger partial charge in [-0.2, -0.15) is 0 Å². The molecule has 1 heterocycles. The molecule has 8 heteroatoms. The zero-order valence-corrected chi connectivity index (χ0v) is 16.1. The number of halogens is 2. The molecular weight excluding hydrogens is 423 g/mol. The van der Waals surface area contributed by atoms with Gasteiger partial charge in [-0.05, 0) is 71.1 Å². The highest BCUT2D eigenvalue weighted by Gasteiger charge is 2.37. The molecule has 1 saturated carbocycles. The largest absolute Gasteiger partial charge is 0.312 e. The van der Waals surface area contributed by atoms with Gasteiger partial charge in [0.25, 0.3) is 10.0 Å². The van der Waals surface area contributed by atoms with Crippen LogP contribution >= 0.6 is 15.9 Å². The van der Waals surface area contributed by atoms with E-state index in [4.69, 9.17) is 0 Å². The van der Waals surface area contributed by atoms with Gasteiger partial charge in [0.05, 0.1) is 5.69 Å². The molecule has 1 N–H and O–H groups in total. The van der Waals surface area contributed by atoms with Gasteiger partial charge >= 0.3 is 0 Å². The van der Waals surface area contributed by atoms with Crippen molar-refractivity contribution in [2.45, 2.75) is 24.2 Å². The number of rotatable bonds is 4. The van der Waals surface area contributed by atoms with Gasteiger partial charge < -0.3 is 4.90 Å². The van der Waals surface area contributed by atoms with Crippen LogP contribution in [0.15, 0.2) is 45.8 Å². The fraction of sp³-hybridized carbons (Fsp3) is 0.278. The van der Waals surface area contributed by atoms with Crippen LogP contribution in [0.5, 0.6) is 0 Å². The molecule has 0 spiro atoms. The predicted molar refractivity (Wildman–Crippen MR) is 100 cm³/mol. The molecule has 4 rings (SSSR count). The van der Waals surface area contributed by atoms with Crippen molar-refractivity contribution in [3.8, 4) is 0 Å². The van der Waals surface area contributed by atoms with Crippen molar-refractivity contribution in [3.63, 3.8) is 0 Å². The SMILES string of the molecule is O=C(C1CC1)N1CCc2cc(Br)c(S(=O)(=O)Nc3cccc(F)c3)cc21. The summed E-state index contributed by atoms with van der Waals surface area (Å²) in [5.74, 6) is -0.401. The standard InChI is InChI=1S/C18H16BrFN2O3S/c19-15-8-12-6-7-22(18(23)11-4-5-11)16(12)10-17(15)26(24,25)21-14-3-1-2-13(20)9-14/h1-3,8-11,21H,4-7H2. The van der Waals surface area contributed by atoms with Crippen molar-refractivity contribution in [1.29, 1.82) is 0 Å². The molecule has 0 aromatic heterocycles. The lowest BCUT2D eigenvalue weighted by atomic mass is 10.2. The fourth-order valence-electron chi connectivity index (χ4n) is 3.14. The number of hydrogen-bond acceptors (Lipinski definition) is 3. The van der Waals surface area contributed by atoms with E-state index in [1.807, 2.05) is 0 Å². The van der Waals surface area contributed by atoms with Crippen LogP contribution in [-0.4, -0.2) is 20.9 Å². The normalized spacial score (nSPS) is 16.5. The first kappa shape index (κ1) is 17.5. The molecule has 0 saturated heterocycles. The molecule has 2 aliphatic rings. The Kier molecular flexibility index (Phi) is 4.27. The molecule has 26 heavy (non-hydrogen) atoms. The average Bonchev–Trinajstić information content (AvgIpc) is 3.33. The highest BCUT2D eigenvalue weighted by Crippen LogP contribution is 2.39. The molecule has 1 amide bonds. The van der Waals surface area contributed by atoms with Crippen molar-refractivity contribution < 1.29 is 17.6 Å². The molecule has 0 unspecified atom stereocenters. The molecule has 0 bridgehead atoms. The first-order valence-corrected chi connectivity index (χ1v) is 10.5. The smallest absolute Gasteiger partial charge is 0.263 e. The Morgan fingerprint density at radius 2 is 2.00 bits per heavy atom. The van der Waals surface area contributed by atoms with Crippen molar-refractivity contribution in [2.75, 3.05) is 16.2 Å². The van der Waals surface area contributed by atoms with Gasteiger partial charge in [-0.25, -0.2) is 12.8 Å². The molecule has 5 nitrogen and oxygen atoms in total. The van der Waals surface area contributed by atoms with Gasteiger partial charge in [0.15, 0.2) is 0 Å². The summed E-state index contributed by atoms with van der Waals surface area (Å²) in [4.78, 5) is 14.2. The summed E-state index contributed by atoms with van der Waals surface area (Å²) < 4.78 is 41.7. The number of benzene rings is 2. The molecule has 0 atom stereocenters. The fourth-order valence-corrected chi connectivity index (χ4v) is 5.30. The zero-order chi connectivity index (χ0) is 18.5. The van der Waals surface area contributed by atoms with E-state index in [9.17, 15) is 17.6 Å². The first-order chi connectivity index (χ1) is 12.3. The van der Waals surface area contributed by atoms with E-state index < -0.39 is 15.8 Å². The Labute approximate surface area is 159 Å². The lowest BCUT2D eigenvalue weighted by Gasteiger charge is -2.18. The second kappa shape index (κ2) is 6.35. The molecule has 1 aliphatic carbocycles.